The maximum Gasteiger partial charge on any atom is 0.350 e. The van der Waals surface area contributed by atoms with E-state index in [1.165, 1.54) is 6.92 Å². The van der Waals surface area contributed by atoms with Crippen LogP contribution in [0.3, 0.4) is 0 Å². The van der Waals surface area contributed by atoms with Crippen LogP contribution in [0.15, 0.2) is 12.2 Å². The summed E-state index contributed by atoms with van der Waals surface area (Å²) < 4.78 is 9.23. The van der Waals surface area contributed by atoms with Gasteiger partial charge in [-0.05, 0) is 6.92 Å². The summed E-state index contributed by atoms with van der Waals surface area (Å²) in [5.41, 5.74) is -1.34. The quantitative estimate of drug-likeness (QED) is 0.316. The number of carbonyl (C=O) groups excluding carboxylic acids is 2. The maximum atomic E-state index is 10.9. The number of esters is 2. The van der Waals surface area contributed by atoms with Gasteiger partial charge in [-0.1, -0.05) is 18.2 Å². The molecule has 0 amide bonds. The molecule has 1 N–H and O–H groups in total. The van der Waals surface area contributed by atoms with Crippen molar-refractivity contribution in [2.24, 2.45) is 0 Å². The second-order valence-corrected chi connectivity index (χ2v) is 3.19. The second kappa shape index (κ2) is 7.25. The van der Waals surface area contributed by atoms with Crippen LogP contribution < -0.4 is 0 Å². The molecule has 0 rings (SSSR count). The molecule has 0 aromatic heterocycles. The lowest BCUT2D eigenvalue weighted by Gasteiger charge is -2.06. The number of rotatable bonds is 6. The lowest BCUT2D eigenvalue weighted by molar-refractivity contribution is -0.149. The lowest BCUT2D eigenvalue weighted by Crippen LogP contribution is -2.18. The number of hydrogen-bond acceptors (Lipinski definition) is 5. The van der Waals surface area contributed by atoms with E-state index in [1.807, 2.05) is 0 Å². The lowest BCUT2D eigenvalue weighted by atomic mass is 10.4. The van der Waals surface area contributed by atoms with E-state index >= 15 is 0 Å². The van der Waals surface area contributed by atoms with Gasteiger partial charge in [-0.3, -0.25) is 0 Å². The number of alkyl halides is 1. The van der Waals surface area contributed by atoms with Gasteiger partial charge in [0.2, 0.25) is 5.56 Å². The van der Waals surface area contributed by atoms with Crippen molar-refractivity contribution in [1.82, 2.24) is 0 Å². The summed E-state index contributed by atoms with van der Waals surface area (Å²) in [6.07, 6.45) is 0.342. The zero-order valence-electron chi connectivity index (χ0n) is 8.36. The minimum Gasteiger partial charge on any atom is -0.463 e. The molecule has 0 aromatic rings. The molecule has 0 fully saturated rings. The molecule has 0 aliphatic carbocycles. The van der Waals surface area contributed by atoms with E-state index in [1.54, 1.807) is 0 Å². The number of aliphatic hydroxyl groups is 1. The van der Waals surface area contributed by atoms with Crippen LogP contribution in [0.1, 0.15) is 13.3 Å². The number of carbonyl (C=O) groups is 2. The predicted molar refractivity (Wildman–Crippen MR) is 53.2 cm³/mol. The third kappa shape index (κ3) is 6.93. The molecule has 5 nitrogen and oxygen atoms in total. The SMILES string of the molecule is C=C(C)C(=O)OCCCOC(=O)C(O)Cl. The summed E-state index contributed by atoms with van der Waals surface area (Å²) in [6, 6.07) is 0. The minimum atomic E-state index is -1.65. The Morgan fingerprint density at radius 3 is 2.40 bits per heavy atom. The van der Waals surface area contributed by atoms with Gasteiger partial charge in [-0.2, -0.15) is 0 Å². The van der Waals surface area contributed by atoms with Gasteiger partial charge >= 0.3 is 11.9 Å². The first-order valence-electron chi connectivity index (χ1n) is 4.26. The monoisotopic (exact) mass is 236 g/mol. The Morgan fingerprint density at radius 2 is 1.93 bits per heavy atom. The number of halogens is 1. The fraction of sp³-hybridized carbons (Fsp3) is 0.556. The van der Waals surface area contributed by atoms with Gasteiger partial charge in [0.25, 0.3) is 0 Å². The van der Waals surface area contributed by atoms with Crippen LogP contribution in [0.25, 0.3) is 0 Å². The van der Waals surface area contributed by atoms with E-state index in [2.05, 4.69) is 11.3 Å². The Morgan fingerprint density at radius 1 is 1.40 bits per heavy atom. The highest BCUT2D eigenvalue weighted by atomic mass is 35.5. The Kier molecular flexibility index (Phi) is 6.73. The first-order chi connectivity index (χ1) is 6.95. The molecule has 1 unspecified atom stereocenters. The van der Waals surface area contributed by atoms with Gasteiger partial charge in [-0.15, -0.1) is 0 Å². The molecule has 0 saturated carbocycles. The van der Waals surface area contributed by atoms with Gasteiger partial charge in [0, 0.05) is 12.0 Å². The number of ether oxygens (including phenoxy) is 2. The minimum absolute atomic E-state index is 0.0338. The summed E-state index contributed by atoms with van der Waals surface area (Å²) in [7, 11) is 0. The van der Waals surface area contributed by atoms with Crippen molar-refractivity contribution in [1.29, 1.82) is 0 Å². The molecule has 1 atom stereocenters. The van der Waals surface area contributed by atoms with Crippen molar-refractivity contribution in [3.05, 3.63) is 12.2 Å². The van der Waals surface area contributed by atoms with Gasteiger partial charge in [0.15, 0.2) is 0 Å². The van der Waals surface area contributed by atoms with E-state index in [-0.39, 0.29) is 13.2 Å². The summed E-state index contributed by atoms with van der Waals surface area (Å²) in [5, 5.41) is 8.53. The van der Waals surface area contributed by atoms with Gasteiger partial charge < -0.3 is 14.6 Å². The maximum absolute atomic E-state index is 10.9. The molecular weight excluding hydrogens is 224 g/mol. The van der Waals surface area contributed by atoms with Crippen LogP contribution in [-0.4, -0.2) is 35.8 Å². The van der Waals surface area contributed by atoms with E-state index in [4.69, 9.17) is 21.4 Å². The Bertz CT molecular complexity index is 249. The summed E-state index contributed by atoms with van der Waals surface area (Å²) in [4.78, 5) is 21.5. The fourth-order valence-corrected chi connectivity index (χ4v) is 0.652. The molecule has 0 aromatic carbocycles. The third-order valence-electron chi connectivity index (χ3n) is 1.31. The van der Waals surface area contributed by atoms with Crippen molar-refractivity contribution in [3.8, 4) is 0 Å². The summed E-state index contributed by atoms with van der Waals surface area (Å²) in [6.45, 7) is 5.09. The van der Waals surface area contributed by atoms with Crippen LogP contribution in [0.5, 0.6) is 0 Å². The Hall–Kier alpha value is -1.07. The second-order valence-electron chi connectivity index (χ2n) is 2.77. The first-order valence-corrected chi connectivity index (χ1v) is 4.70. The highest BCUT2D eigenvalue weighted by molar-refractivity contribution is 6.28. The van der Waals surface area contributed by atoms with Crippen LogP contribution in [0, 0.1) is 0 Å². The zero-order chi connectivity index (χ0) is 11.8. The smallest absolute Gasteiger partial charge is 0.350 e. The number of aliphatic hydroxyl groups excluding tert-OH is 1. The van der Waals surface area contributed by atoms with Crippen molar-refractivity contribution < 1.29 is 24.2 Å². The Labute approximate surface area is 92.6 Å². The standard InChI is InChI=1S/C9H13ClO5/c1-6(2)8(12)14-4-3-5-15-9(13)7(10)11/h7,11H,1,3-5H2,2H3. The van der Waals surface area contributed by atoms with Crippen LogP contribution in [0.2, 0.25) is 0 Å². The molecule has 0 bridgehead atoms. The van der Waals surface area contributed by atoms with Crippen LogP contribution in [-0.2, 0) is 19.1 Å². The van der Waals surface area contributed by atoms with E-state index < -0.39 is 17.5 Å². The largest absolute Gasteiger partial charge is 0.463 e. The van der Waals surface area contributed by atoms with Gasteiger partial charge in [0.1, 0.15) is 0 Å². The predicted octanol–water partition coefficient (Wildman–Crippen LogP) is 0.596. The van der Waals surface area contributed by atoms with Gasteiger partial charge in [0.05, 0.1) is 13.2 Å². The first kappa shape index (κ1) is 13.9. The molecule has 0 radical (unpaired) electrons. The third-order valence-corrected chi connectivity index (χ3v) is 1.49. The fourth-order valence-electron chi connectivity index (χ4n) is 0.589. The summed E-state index contributed by atoms with van der Waals surface area (Å²) in [5.74, 6) is -1.40. The molecule has 6 heteroatoms. The van der Waals surface area contributed by atoms with Crippen molar-refractivity contribution in [3.63, 3.8) is 0 Å². The average molecular weight is 237 g/mol. The Balaban J connectivity index is 3.44. The topological polar surface area (TPSA) is 72.8 Å². The molecule has 0 spiro atoms. The molecule has 0 heterocycles. The normalized spacial score (nSPS) is 11.7. The molecule has 0 saturated heterocycles. The van der Waals surface area contributed by atoms with Crippen molar-refractivity contribution >= 4 is 23.5 Å². The van der Waals surface area contributed by atoms with Crippen LogP contribution in [0.4, 0.5) is 0 Å². The van der Waals surface area contributed by atoms with Crippen molar-refractivity contribution in [2.75, 3.05) is 13.2 Å². The van der Waals surface area contributed by atoms with Crippen LogP contribution >= 0.6 is 11.6 Å². The number of hydrogen-bond donors (Lipinski definition) is 1. The highest BCUT2D eigenvalue weighted by Crippen LogP contribution is 1.96. The molecular formula is C9H13ClO5. The molecule has 0 aliphatic heterocycles. The van der Waals surface area contributed by atoms with Gasteiger partial charge in [-0.25, -0.2) is 9.59 Å². The van der Waals surface area contributed by atoms with E-state index in [9.17, 15) is 9.59 Å². The molecule has 86 valence electrons. The van der Waals surface area contributed by atoms with E-state index in [0.29, 0.717) is 12.0 Å². The molecule has 15 heavy (non-hydrogen) atoms. The summed E-state index contributed by atoms with van der Waals surface area (Å²) >= 11 is 5.02. The highest BCUT2D eigenvalue weighted by Gasteiger charge is 2.11. The zero-order valence-corrected chi connectivity index (χ0v) is 9.12. The van der Waals surface area contributed by atoms with Crippen molar-refractivity contribution in [2.45, 2.75) is 18.9 Å². The average Bonchev–Trinajstić information content (AvgIpc) is 2.16. The van der Waals surface area contributed by atoms with E-state index in [0.717, 1.165) is 0 Å². The molecule has 0 aliphatic rings.